The van der Waals surface area contributed by atoms with Crippen LogP contribution in [0.5, 0.6) is 0 Å². The van der Waals surface area contributed by atoms with Crippen LogP contribution < -0.4 is 0 Å². The van der Waals surface area contributed by atoms with E-state index in [2.05, 4.69) is 26.6 Å². The molecule has 0 N–H and O–H groups in total. The molecule has 4 rings (SSSR count). The molecular weight excluding hydrogens is 444 g/mol. The van der Waals surface area contributed by atoms with E-state index in [1.54, 1.807) is 27.8 Å². The van der Waals surface area contributed by atoms with Crippen LogP contribution in [0.4, 0.5) is 0 Å². The van der Waals surface area contributed by atoms with Crippen LogP contribution in [0, 0.1) is 13.8 Å². The summed E-state index contributed by atoms with van der Waals surface area (Å²) in [6, 6.07) is 7.45. The molecule has 3 heterocycles. The molecule has 2 saturated heterocycles. The molecule has 2 aliphatic heterocycles. The first-order chi connectivity index (χ1) is 15.3. The third-order valence-corrected chi connectivity index (χ3v) is 9.14. The van der Waals surface area contributed by atoms with Crippen LogP contribution in [-0.4, -0.2) is 92.2 Å². The summed E-state index contributed by atoms with van der Waals surface area (Å²) in [5.41, 5.74) is 3.40. The smallest absolute Gasteiger partial charge is 0.243 e. The highest BCUT2D eigenvalue weighted by molar-refractivity contribution is 7.89. The maximum absolute atomic E-state index is 13.0. The molecule has 0 unspecified atom stereocenters. The number of piperazine rings is 2. The van der Waals surface area contributed by atoms with E-state index in [1.807, 2.05) is 24.8 Å². The first-order valence-electron chi connectivity index (χ1n) is 11.1. The lowest BCUT2D eigenvalue weighted by atomic mass is 10.1. The maximum atomic E-state index is 13.0. The van der Waals surface area contributed by atoms with Crippen molar-refractivity contribution in [2.24, 2.45) is 0 Å². The van der Waals surface area contributed by atoms with Gasteiger partial charge >= 0.3 is 0 Å². The van der Waals surface area contributed by atoms with E-state index in [1.165, 1.54) is 5.56 Å². The highest BCUT2D eigenvalue weighted by Gasteiger charge is 2.30. The molecule has 0 bridgehead atoms. The first-order valence-corrected chi connectivity index (χ1v) is 13.5. The molecule has 174 valence electrons. The van der Waals surface area contributed by atoms with Gasteiger partial charge in [0.2, 0.25) is 15.9 Å². The second-order valence-electron chi connectivity index (χ2n) is 8.71. The monoisotopic (exact) mass is 476 g/mol. The number of hydrogen-bond acceptors (Lipinski definition) is 6. The zero-order chi connectivity index (χ0) is 22.7. The van der Waals surface area contributed by atoms with Crippen molar-refractivity contribution in [3.8, 4) is 0 Å². The van der Waals surface area contributed by atoms with Gasteiger partial charge in [-0.3, -0.25) is 14.6 Å². The third-order valence-electron chi connectivity index (χ3n) is 6.52. The number of carbonyl (C=O) groups excluding carboxylic acids is 1. The lowest BCUT2D eigenvalue weighted by Crippen LogP contribution is -2.54. The number of sulfonamides is 1. The normalized spacial score (nSPS) is 19.4. The Morgan fingerprint density at radius 3 is 2.22 bits per heavy atom. The Balaban J connectivity index is 1.24. The average molecular weight is 477 g/mol. The SMILES string of the molecule is Cc1ccc(S(=O)(=O)N2CCN(CC(=O)N3CCN(Cc4ccsc4)CC3)CC2)cc1C. The van der Waals surface area contributed by atoms with Crippen molar-refractivity contribution in [1.82, 2.24) is 19.0 Å². The molecule has 1 amide bonds. The van der Waals surface area contributed by atoms with Gasteiger partial charge in [-0.15, -0.1) is 0 Å². The standard InChI is InChI=1S/C23H32N4O3S2/c1-19-3-4-22(15-20(19)2)32(29,30)27-12-8-25(9-13-27)17-23(28)26-10-6-24(7-11-26)16-21-5-14-31-18-21/h3-5,14-15,18H,6-13,16-17H2,1-2H3. The summed E-state index contributed by atoms with van der Waals surface area (Å²) in [6.45, 7) is 10.5. The Kier molecular flexibility index (Phi) is 7.31. The van der Waals surface area contributed by atoms with Crippen molar-refractivity contribution >= 4 is 27.3 Å². The van der Waals surface area contributed by atoms with E-state index in [4.69, 9.17) is 0 Å². The minimum atomic E-state index is -3.49. The summed E-state index contributed by atoms with van der Waals surface area (Å²) >= 11 is 1.72. The average Bonchev–Trinajstić information content (AvgIpc) is 3.29. The van der Waals surface area contributed by atoms with Gasteiger partial charge in [-0.1, -0.05) is 6.07 Å². The molecule has 0 atom stereocenters. The van der Waals surface area contributed by atoms with E-state index < -0.39 is 10.0 Å². The van der Waals surface area contributed by atoms with Gasteiger partial charge in [0.1, 0.15) is 0 Å². The molecule has 0 spiro atoms. The molecule has 1 aromatic carbocycles. The molecule has 9 heteroatoms. The zero-order valence-electron chi connectivity index (χ0n) is 18.9. The van der Waals surface area contributed by atoms with Gasteiger partial charge in [0.05, 0.1) is 11.4 Å². The first kappa shape index (κ1) is 23.4. The molecule has 2 aromatic rings. The molecule has 7 nitrogen and oxygen atoms in total. The molecule has 0 radical (unpaired) electrons. The molecule has 0 aliphatic carbocycles. The minimum absolute atomic E-state index is 0.144. The summed E-state index contributed by atoms with van der Waals surface area (Å²) in [4.78, 5) is 19.6. The third kappa shape index (κ3) is 5.40. The molecule has 32 heavy (non-hydrogen) atoms. The van der Waals surface area contributed by atoms with Crippen molar-refractivity contribution in [3.63, 3.8) is 0 Å². The second kappa shape index (κ2) is 10.0. The van der Waals surface area contributed by atoms with Crippen LogP contribution in [0.25, 0.3) is 0 Å². The molecule has 1 aromatic heterocycles. The maximum Gasteiger partial charge on any atom is 0.243 e. The number of carbonyl (C=O) groups is 1. The molecular formula is C23H32N4O3S2. The van der Waals surface area contributed by atoms with Gasteiger partial charge in [0.15, 0.2) is 0 Å². The summed E-state index contributed by atoms with van der Waals surface area (Å²) in [6.07, 6.45) is 0. The van der Waals surface area contributed by atoms with Crippen molar-refractivity contribution < 1.29 is 13.2 Å². The van der Waals surface area contributed by atoms with Crippen LogP contribution >= 0.6 is 11.3 Å². The lowest BCUT2D eigenvalue weighted by molar-refractivity contribution is -0.134. The zero-order valence-corrected chi connectivity index (χ0v) is 20.5. The predicted octanol–water partition coefficient (Wildman–Crippen LogP) is 2.02. The van der Waals surface area contributed by atoms with Gasteiger partial charge in [-0.2, -0.15) is 15.6 Å². The summed E-state index contributed by atoms with van der Waals surface area (Å²) < 4.78 is 27.5. The van der Waals surface area contributed by atoms with Gasteiger partial charge < -0.3 is 4.90 Å². The molecule has 2 aliphatic rings. The number of hydrogen-bond donors (Lipinski definition) is 0. The van der Waals surface area contributed by atoms with Gasteiger partial charge in [-0.05, 0) is 59.5 Å². The number of amides is 1. The van der Waals surface area contributed by atoms with Gasteiger partial charge in [-0.25, -0.2) is 8.42 Å². The topological polar surface area (TPSA) is 64.2 Å². The summed E-state index contributed by atoms with van der Waals surface area (Å²) in [7, 11) is -3.49. The van der Waals surface area contributed by atoms with E-state index in [-0.39, 0.29) is 5.91 Å². The van der Waals surface area contributed by atoms with Crippen molar-refractivity contribution in [3.05, 3.63) is 51.7 Å². The van der Waals surface area contributed by atoms with E-state index in [0.29, 0.717) is 37.6 Å². The highest BCUT2D eigenvalue weighted by atomic mass is 32.2. The lowest BCUT2D eigenvalue weighted by Gasteiger charge is -2.37. The number of thiophene rings is 1. The Bertz CT molecular complexity index is 1020. The van der Waals surface area contributed by atoms with Crippen LogP contribution in [0.15, 0.2) is 39.9 Å². The second-order valence-corrected chi connectivity index (χ2v) is 11.4. The number of nitrogens with zero attached hydrogens (tertiary/aromatic N) is 4. The van der Waals surface area contributed by atoms with Gasteiger partial charge in [0.25, 0.3) is 0 Å². The number of aryl methyl sites for hydroxylation is 2. The van der Waals surface area contributed by atoms with E-state index in [0.717, 1.165) is 43.9 Å². The van der Waals surface area contributed by atoms with E-state index >= 15 is 0 Å². The fraction of sp³-hybridized carbons (Fsp3) is 0.522. The quantitative estimate of drug-likeness (QED) is 0.638. The molecule has 2 fully saturated rings. The predicted molar refractivity (Wildman–Crippen MR) is 127 cm³/mol. The Hall–Kier alpha value is -1.78. The largest absolute Gasteiger partial charge is 0.339 e. The van der Waals surface area contributed by atoms with Crippen molar-refractivity contribution in [2.45, 2.75) is 25.3 Å². The van der Waals surface area contributed by atoms with Crippen LogP contribution in [-0.2, 0) is 21.4 Å². The van der Waals surface area contributed by atoms with Crippen molar-refractivity contribution in [1.29, 1.82) is 0 Å². The Morgan fingerprint density at radius 1 is 0.906 bits per heavy atom. The number of benzene rings is 1. The van der Waals surface area contributed by atoms with Crippen molar-refractivity contribution in [2.75, 3.05) is 58.9 Å². The Morgan fingerprint density at radius 2 is 1.59 bits per heavy atom. The highest BCUT2D eigenvalue weighted by Crippen LogP contribution is 2.20. The molecule has 0 saturated carbocycles. The van der Waals surface area contributed by atoms with Crippen LogP contribution in [0.2, 0.25) is 0 Å². The fourth-order valence-electron chi connectivity index (χ4n) is 4.24. The van der Waals surface area contributed by atoms with Gasteiger partial charge in [0, 0.05) is 58.9 Å². The van der Waals surface area contributed by atoms with Crippen LogP contribution in [0.1, 0.15) is 16.7 Å². The van der Waals surface area contributed by atoms with E-state index in [9.17, 15) is 13.2 Å². The fourth-order valence-corrected chi connectivity index (χ4v) is 6.41. The summed E-state index contributed by atoms with van der Waals surface area (Å²) in [5, 5.41) is 4.28. The Labute approximate surface area is 195 Å². The minimum Gasteiger partial charge on any atom is -0.339 e. The number of rotatable bonds is 6. The van der Waals surface area contributed by atoms with Crippen LogP contribution in [0.3, 0.4) is 0 Å². The summed E-state index contributed by atoms with van der Waals surface area (Å²) in [5.74, 6) is 0.144.